The van der Waals surface area contributed by atoms with Gasteiger partial charge in [-0.25, -0.2) is 4.98 Å². The topological polar surface area (TPSA) is 93.7 Å². The molecule has 1 atom stereocenters. The molecule has 3 aromatic rings. The minimum absolute atomic E-state index is 0.0555. The maximum Gasteiger partial charge on any atom is 0.279 e. The van der Waals surface area contributed by atoms with Crippen molar-refractivity contribution in [2.45, 2.75) is 44.2 Å². The molecule has 1 heterocycles. The Morgan fingerprint density at radius 1 is 1.00 bits per heavy atom. The monoisotopic (exact) mass is 508 g/mol. The molecule has 1 aromatic heterocycles. The number of methoxy groups -OCH3 is 2. The van der Waals surface area contributed by atoms with Crippen LogP contribution in [0.2, 0.25) is 5.02 Å². The van der Waals surface area contributed by atoms with Crippen molar-refractivity contribution in [1.29, 1.82) is 0 Å². The van der Waals surface area contributed by atoms with E-state index in [1.165, 1.54) is 37.7 Å². The first kappa shape index (κ1) is 25.4. The number of hydrogen-bond acceptors (Lipinski definition) is 6. The lowest BCUT2D eigenvalue weighted by Crippen LogP contribution is -2.47. The second-order valence-corrected chi connectivity index (χ2v) is 9.04. The van der Waals surface area contributed by atoms with Crippen LogP contribution < -0.4 is 19.7 Å². The van der Waals surface area contributed by atoms with Crippen molar-refractivity contribution in [3.05, 3.63) is 77.3 Å². The number of nitrogens with one attached hydrogen (secondary N) is 1. The number of aromatic nitrogens is 2. The zero-order chi connectivity index (χ0) is 25.5. The van der Waals surface area contributed by atoms with E-state index < -0.39 is 11.9 Å². The number of hydrogen-bond donors (Lipinski definition) is 1. The van der Waals surface area contributed by atoms with Crippen LogP contribution in [-0.4, -0.2) is 42.0 Å². The van der Waals surface area contributed by atoms with Crippen LogP contribution in [0.4, 0.5) is 5.69 Å². The predicted octanol–water partition coefficient (Wildman–Crippen LogP) is 4.98. The van der Waals surface area contributed by atoms with Gasteiger partial charge in [0.25, 0.3) is 5.91 Å². The molecule has 1 N–H and O–H groups in total. The lowest BCUT2D eigenvalue weighted by molar-refractivity contribution is -0.123. The van der Waals surface area contributed by atoms with Gasteiger partial charge in [0.1, 0.15) is 11.7 Å². The Labute approximate surface area is 215 Å². The van der Waals surface area contributed by atoms with E-state index in [0.717, 1.165) is 32.1 Å². The molecule has 1 aliphatic rings. The highest BCUT2D eigenvalue weighted by Gasteiger charge is 2.35. The predicted molar refractivity (Wildman–Crippen MR) is 138 cm³/mol. The first-order chi connectivity index (χ1) is 17.5. The Balaban J connectivity index is 1.84. The van der Waals surface area contributed by atoms with Gasteiger partial charge in [-0.05, 0) is 42.7 Å². The van der Waals surface area contributed by atoms with Crippen LogP contribution in [0, 0.1) is 0 Å². The van der Waals surface area contributed by atoms with E-state index in [1.807, 2.05) is 0 Å². The summed E-state index contributed by atoms with van der Waals surface area (Å²) in [5.74, 6) is 0.169. The largest absolute Gasteiger partial charge is 0.493 e. The fraction of sp³-hybridized carbons (Fsp3) is 0.333. The van der Waals surface area contributed by atoms with E-state index in [2.05, 4.69) is 15.3 Å². The summed E-state index contributed by atoms with van der Waals surface area (Å²) in [6.07, 6.45) is 9.43. The molecule has 0 aliphatic heterocycles. The summed E-state index contributed by atoms with van der Waals surface area (Å²) in [5.41, 5.74) is 1.17. The van der Waals surface area contributed by atoms with Gasteiger partial charge in [-0.15, -0.1) is 0 Å². The van der Waals surface area contributed by atoms with Crippen LogP contribution in [0.15, 0.2) is 61.1 Å². The molecule has 188 valence electrons. The molecule has 2 amide bonds. The highest BCUT2D eigenvalue weighted by atomic mass is 35.5. The van der Waals surface area contributed by atoms with Crippen molar-refractivity contribution in [2.75, 3.05) is 19.1 Å². The molecule has 1 saturated carbocycles. The number of halogens is 1. The molecule has 0 unspecified atom stereocenters. The molecule has 2 aromatic carbocycles. The van der Waals surface area contributed by atoms with Gasteiger partial charge in [0.05, 0.1) is 20.4 Å². The van der Waals surface area contributed by atoms with Crippen LogP contribution in [-0.2, 0) is 4.79 Å². The number of carbonyl (C=O) groups excluding carboxylic acids is 2. The summed E-state index contributed by atoms with van der Waals surface area (Å²) in [4.78, 5) is 37.5. The van der Waals surface area contributed by atoms with Crippen molar-refractivity contribution in [2.24, 2.45) is 0 Å². The fourth-order valence-electron chi connectivity index (χ4n) is 4.48. The third-order valence-electron chi connectivity index (χ3n) is 6.29. The van der Waals surface area contributed by atoms with Crippen LogP contribution in [0.25, 0.3) is 0 Å². The first-order valence-electron chi connectivity index (χ1n) is 11.9. The molecule has 9 heteroatoms. The van der Waals surface area contributed by atoms with Gasteiger partial charge in [0.15, 0.2) is 11.5 Å². The van der Waals surface area contributed by atoms with Crippen LogP contribution >= 0.6 is 11.6 Å². The zero-order valence-corrected chi connectivity index (χ0v) is 21.1. The summed E-state index contributed by atoms with van der Waals surface area (Å²) < 4.78 is 10.9. The summed E-state index contributed by atoms with van der Waals surface area (Å²) >= 11 is 6.15. The van der Waals surface area contributed by atoms with Crippen LogP contribution in [0.3, 0.4) is 0 Å². The molecule has 0 spiro atoms. The quantitative estimate of drug-likeness (QED) is 0.461. The minimum Gasteiger partial charge on any atom is -0.493 e. The second kappa shape index (κ2) is 11.9. The normalized spacial score (nSPS) is 14.5. The van der Waals surface area contributed by atoms with Crippen molar-refractivity contribution in [3.8, 4) is 11.5 Å². The number of ether oxygens (including phenoxy) is 2. The lowest BCUT2D eigenvalue weighted by atomic mass is 9.94. The SMILES string of the molecule is COc1ccc(N(C(=O)c2cnccn2)[C@H](C(=O)NC2CCCCC2)c2ccc(Cl)cc2)cc1OC. The highest BCUT2D eigenvalue weighted by molar-refractivity contribution is 6.30. The number of anilines is 1. The molecule has 1 aliphatic carbocycles. The number of amides is 2. The van der Waals surface area contributed by atoms with Gasteiger partial charge in [-0.2, -0.15) is 0 Å². The third kappa shape index (κ3) is 5.76. The number of rotatable bonds is 8. The Morgan fingerprint density at radius 3 is 2.36 bits per heavy atom. The molecule has 0 saturated heterocycles. The number of nitrogens with zero attached hydrogens (tertiary/aromatic N) is 3. The van der Waals surface area contributed by atoms with Crippen molar-refractivity contribution < 1.29 is 19.1 Å². The Morgan fingerprint density at radius 2 is 1.72 bits per heavy atom. The van der Waals surface area contributed by atoms with Gasteiger partial charge in [-0.1, -0.05) is 43.0 Å². The summed E-state index contributed by atoms with van der Waals surface area (Å²) in [6, 6.07) is 11.1. The standard InChI is InChI=1S/C27H29ClN4O4/c1-35-23-13-12-21(16-24(23)36-2)32(27(34)22-17-29-14-15-30-22)25(18-8-10-19(28)11-9-18)26(33)31-20-6-4-3-5-7-20/h8-17,20,25H,3-7H2,1-2H3,(H,31,33)/t25-/m0/s1. The second-order valence-electron chi connectivity index (χ2n) is 8.60. The Hall–Kier alpha value is -3.65. The van der Waals surface area contributed by atoms with E-state index >= 15 is 0 Å². The van der Waals surface area contributed by atoms with Gasteiger partial charge < -0.3 is 14.8 Å². The molecule has 0 bridgehead atoms. The van der Waals surface area contributed by atoms with Gasteiger partial charge in [0, 0.05) is 35.2 Å². The highest BCUT2D eigenvalue weighted by Crippen LogP contribution is 2.36. The minimum atomic E-state index is -0.989. The smallest absolute Gasteiger partial charge is 0.279 e. The fourth-order valence-corrected chi connectivity index (χ4v) is 4.61. The third-order valence-corrected chi connectivity index (χ3v) is 6.54. The summed E-state index contributed by atoms with van der Waals surface area (Å²) in [5, 5.41) is 3.71. The van der Waals surface area contributed by atoms with E-state index in [9.17, 15) is 9.59 Å². The Bertz CT molecular complexity index is 1180. The van der Waals surface area contributed by atoms with E-state index in [-0.39, 0.29) is 17.6 Å². The van der Waals surface area contributed by atoms with Crippen molar-refractivity contribution >= 4 is 29.1 Å². The maximum atomic E-state index is 13.9. The van der Waals surface area contributed by atoms with Crippen LogP contribution in [0.1, 0.15) is 54.2 Å². The van der Waals surface area contributed by atoms with Gasteiger partial charge in [-0.3, -0.25) is 19.5 Å². The lowest BCUT2D eigenvalue weighted by Gasteiger charge is -2.33. The maximum absolute atomic E-state index is 13.9. The molecular formula is C27H29ClN4O4. The van der Waals surface area contributed by atoms with Crippen LogP contribution in [0.5, 0.6) is 11.5 Å². The first-order valence-corrected chi connectivity index (χ1v) is 12.3. The average Bonchev–Trinajstić information content (AvgIpc) is 2.92. The van der Waals surface area contributed by atoms with Gasteiger partial charge in [0.2, 0.25) is 5.91 Å². The van der Waals surface area contributed by atoms with E-state index in [1.54, 1.807) is 42.5 Å². The molecule has 4 rings (SSSR count). The Kier molecular flexibility index (Phi) is 8.38. The molecular weight excluding hydrogens is 480 g/mol. The van der Waals surface area contributed by atoms with Crippen molar-refractivity contribution in [3.63, 3.8) is 0 Å². The zero-order valence-electron chi connectivity index (χ0n) is 20.3. The van der Waals surface area contributed by atoms with Crippen molar-refractivity contribution in [1.82, 2.24) is 15.3 Å². The molecule has 1 fully saturated rings. The van der Waals surface area contributed by atoms with E-state index in [0.29, 0.717) is 27.8 Å². The number of carbonyl (C=O) groups is 2. The van der Waals surface area contributed by atoms with Gasteiger partial charge >= 0.3 is 0 Å². The number of benzene rings is 2. The molecule has 36 heavy (non-hydrogen) atoms. The average molecular weight is 509 g/mol. The summed E-state index contributed by atoms with van der Waals surface area (Å²) in [7, 11) is 3.05. The molecule has 8 nitrogen and oxygen atoms in total. The van der Waals surface area contributed by atoms with E-state index in [4.69, 9.17) is 21.1 Å². The summed E-state index contributed by atoms with van der Waals surface area (Å²) in [6.45, 7) is 0. The molecule has 0 radical (unpaired) electrons.